The Hall–Kier alpha value is -0.830. The second-order valence-corrected chi connectivity index (χ2v) is 5.16. The molecular formula is C13H19ClN2O. The lowest BCUT2D eigenvalue weighted by Gasteiger charge is -2.21. The van der Waals surface area contributed by atoms with E-state index in [4.69, 9.17) is 16.3 Å². The van der Waals surface area contributed by atoms with Crippen molar-refractivity contribution in [1.29, 1.82) is 0 Å². The molecule has 0 aliphatic heterocycles. The summed E-state index contributed by atoms with van der Waals surface area (Å²) in [5.74, 6) is 1.14. The predicted octanol–water partition coefficient (Wildman–Crippen LogP) is 3.71. The van der Waals surface area contributed by atoms with Gasteiger partial charge in [-0.25, -0.2) is 9.97 Å². The van der Waals surface area contributed by atoms with Gasteiger partial charge >= 0.3 is 0 Å². The van der Waals surface area contributed by atoms with Crippen LogP contribution in [0.5, 0.6) is 5.88 Å². The molecule has 2 rings (SSSR count). The van der Waals surface area contributed by atoms with Crippen LogP contribution in [0.1, 0.15) is 43.5 Å². The molecule has 1 saturated carbocycles. The first-order valence-electron chi connectivity index (χ1n) is 6.30. The Balaban J connectivity index is 1.96. The summed E-state index contributed by atoms with van der Waals surface area (Å²) < 4.78 is 5.71. The number of hydrogen-bond donors (Lipinski definition) is 0. The number of ether oxygens (including phenoxy) is 1. The van der Waals surface area contributed by atoms with Gasteiger partial charge in [0, 0.05) is 0 Å². The van der Waals surface area contributed by atoms with Gasteiger partial charge in [0.25, 0.3) is 5.88 Å². The SMILES string of the molecule is Cc1nc(Cl)c(OCC2CCCCC2)nc1C. The normalized spacial score (nSPS) is 17.1. The third-order valence-corrected chi connectivity index (χ3v) is 3.66. The van der Waals surface area contributed by atoms with E-state index < -0.39 is 0 Å². The summed E-state index contributed by atoms with van der Waals surface area (Å²) in [6, 6.07) is 0. The molecule has 1 heterocycles. The molecule has 0 spiro atoms. The van der Waals surface area contributed by atoms with Crippen molar-refractivity contribution in [3.63, 3.8) is 0 Å². The Labute approximate surface area is 108 Å². The van der Waals surface area contributed by atoms with Gasteiger partial charge in [0.1, 0.15) is 0 Å². The highest BCUT2D eigenvalue weighted by Gasteiger charge is 2.16. The van der Waals surface area contributed by atoms with Gasteiger partial charge < -0.3 is 4.74 Å². The number of halogens is 1. The second-order valence-electron chi connectivity index (χ2n) is 4.81. The molecule has 0 unspecified atom stereocenters. The van der Waals surface area contributed by atoms with Gasteiger partial charge in [0.05, 0.1) is 18.0 Å². The summed E-state index contributed by atoms with van der Waals surface area (Å²) in [7, 11) is 0. The van der Waals surface area contributed by atoms with E-state index in [0.717, 1.165) is 18.0 Å². The first kappa shape index (κ1) is 12.6. The van der Waals surface area contributed by atoms with Crippen molar-refractivity contribution in [3.8, 4) is 5.88 Å². The Bertz CT molecular complexity index is 389. The molecule has 1 aromatic rings. The lowest BCUT2D eigenvalue weighted by Crippen LogP contribution is -2.16. The molecule has 4 heteroatoms. The minimum atomic E-state index is 0.379. The molecule has 0 aromatic carbocycles. The third kappa shape index (κ3) is 3.32. The topological polar surface area (TPSA) is 35.0 Å². The highest BCUT2D eigenvalue weighted by atomic mass is 35.5. The molecule has 1 aromatic heterocycles. The predicted molar refractivity (Wildman–Crippen MR) is 68.6 cm³/mol. The molecule has 17 heavy (non-hydrogen) atoms. The average molecular weight is 255 g/mol. The largest absolute Gasteiger partial charge is 0.475 e. The Morgan fingerprint density at radius 3 is 2.47 bits per heavy atom. The summed E-state index contributed by atoms with van der Waals surface area (Å²) >= 11 is 6.02. The van der Waals surface area contributed by atoms with E-state index in [0.29, 0.717) is 17.0 Å². The summed E-state index contributed by atoms with van der Waals surface area (Å²) in [4.78, 5) is 8.55. The lowest BCUT2D eigenvalue weighted by atomic mass is 9.90. The first-order chi connectivity index (χ1) is 8.16. The fourth-order valence-corrected chi connectivity index (χ4v) is 2.42. The molecule has 1 aliphatic rings. The van der Waals surface area contributed by atoms with Gasteiger partial charge in [-0.05, 0) is 32.6 Å². The number of rotatable bonds is 3. The van der Waals surface area contributed by atoms with Gasteiger partial charge in [-0.3, -0.25) is 0 Å². The Morgan fingerprint density at radius 2 is 1.76 bits per heavy atom. The van der Waals surface area contributed by atoms with Crippen LogP contribution in [0.2, 0.25) is 5.15 Å². The fraction of sp³-hybridized carbons (Fsp3) is 0.692. The van der Waals surface area contributed by atoms with Crippen molar-refractivity contribution in [2.75, 3.05) is 6.61 Å². The van der Waals surface area contributed by atoms with Crippen molar-refractivity contribution in [3.05, 3.63) is 16.5 Å². The molecule has 0 N–H and O–H groups in total. The van der Waals surface area contributed by atoms with Crippen molar-refractivity contribution in [2.45, 2.75) is 46.0 Å². The van der Waals surface area contributed by atoms with Gasteiger partial charge in [0.15, 0.2) is 5.15 Å². The summed E-state index contributed by atoms with van der Waals surface area (Å²) in [5.41, 5.74) is 1.74. The second kappa shape index (κ2) is 5.67. The average Bonchev–Trinajstić information content (AvgIpc) is 2.33. The molecule has 94 valence electrons. The molecule has 1 fully saturated rings. The maximum Gasteiger partial charge on any atom is 0.252 e. The minimum absolute atomic E-state index is 0.379. The van der Waals surface area contributed by atoms with Crippen molar-refractivity contribution < 1.29 is 4.74 Å². The van der Waals surface area contributed by atoms with Crippen molar-refractivity contribution in [1.82, 2.24) is 9.97 Å². The quantitative estimate of drug-likeness (QED) is 0.825. The van der Waals surface area contributed by atoms with Crippen LogP contribution in [0.15, 0.2) is 0 Å². The highest BCUT2D eigenvalue weighted by molar-refractivity contribution is 6.30. The van der Waals surface area contributed by atoms with E-state index in [2.05, 4.69) is 9.97 Å². The van der Waals surface area contributed by atoms with E-state index in [-0.39, 0.29) is 0 Å². The Kier molecular flexibility index (Phi) is 4.21. The lowest BCUT2D eigenvalue weighted by molar-refractivity contribution is 0.202. The molecular weight excluding hydrogens is 236 g/mol. The number of aromatic nitrogens is 2. The van der Waals surface area contributed by atoms with Crippen LogP contribution in [0.3, 0.4) is 0 Å². The summed E-state index contributed by atoms with van der Waals surface area (Å²) in [6.45, 7) is 4.54. The zero-order valence-corrected chi connectivity index (χ0v) is 11.3. The molecule has 0 amide bonds. The number of hydrogen-bond acceptors (Lipinski definition) is 3. The van der Waals surface area contributed by atoms with Gasteiger partial charge in [-0.2, -0.15) is 0 Å². The number of nitrogens with zero attached hydrogens (tertiary/aromatic N) is 2. The monoisotopic (exact) mass is 254 g/mol. The van der Waals surface area contributed by atoms with Gasteiger partial charge in [0.2, 0.25) is 0 Å². The highest BCUT2D eigenvalue weighted by Crippen LogP contribution is 2.26. The standard InChI is InChI=1S/C13H19ClN2O/c1-9-10(2)16-13(12(14)15-9)17-8-11-6-4-3-5-7-11/h11H,3-8H2,1-2H3. The zero-order valence-electron chi connectivity index (χ0n) is 10.5. The molecule has 0 radical (unpaired) electrons. The smallest absolute Gasteiger partial charge is 0.252 e. The van der Waals surface area contributed by atoms with E-state index in [1.807, 2.05) is 13.8 Å². The van der Waals surface area contributed by atoms with Crippen LogP contribution in [-0.4, -0.2) is 16.6 Å². The van der Waals surface area contributed by atoms with Crippen LogP contribution in [0.4, 0.5) is 0 Å². The van der Waals surface area contributed by atoms with E-state index in [1.165, 1.54) is 32.1 Å². The maximum atomic E-state index is 6.02. The molecule has 3 nitrogen and oxygen atoms in total. The molecule has 0 atom stereocenters. The van der Waals surface area contributed by atoms with Crippen LogP contribution < -0.4 is 4.74 Å². The number of aryl methyl sites for hydroxylation is 2. The van der Waals surface area contributed by atoms with E-state index in [9.17, 15) is 0 Å². The van der Waals surface area contributed by atoms with Crippen LogP contribution >= 0.6 is 11.6 Å². The zero-order chi connectivity index (χ0) is 12.3. The summed E-state index contributed by atoms with van der Waals surface area (Å²) in [5, 5.41) is 0.379. The first-order valence-corrected chi connectivity index (χ1v) is 6.68. The minimum Gasteiger partial charge on any atom is -0.475 e. The van der Waals surface area contributed by atoms with Crippen LogP contribution in [0.25, 0.3) is 0 Å². The van der Waals surface area contributed by atoms with Gasteiger partial charge in [-0.1, -0.05) is 30.9 Å². The van der Waals surface area contributed by atoms with E-state index in [1.54, 1.807) is 0 Å². The molecule has 1 aliphatic carbocycles. The van der Waals surface area contributed by atoms with Crippen LogP contribution in [0, 0.1) is 19.8 Å². The van der Waals surface area contributed by atoms with Crippen molar-refractivity contribution in [2.24, 2.45) is 5.92 Å². The molecule has 0 saturated heterocycles. The van der Waals surface area contributed by atoms with Gasteiger partial charge in [-0.15, -0.1) is 0 Å². The Morgan fingerprint density at radius 1 is 1.12 bits per heavy atom. The molecule has 0 bridgehead atoms. The fourth-order valence-electron chi connectivity index (χ4n) is 2.20. The summed E-state index contributed by atoms with van der Waals surface area (Å²) in [6.07, 6.45) is 6.52. The van der Waals surface area contributed by atoms with E-state index >= 15 is 0 Å². The maximum absolute atomic E-state index is 6.02. The third-order valence-electron chi connectivity index (χ3n) is 3.42. The van der Waals surface area contributed by atoms with Crippen LogP contribution in [-0.2, 0) is 0 Å². The van der Waals surface area contributed by atoms with Crippen molar-refractivity contribution >= 4 is 11.6 Å².